The fourth-order valence-electron chi connectivity index (χ4n) is 1.96. The lowest BCUT2D eigenvalue weighted by Gasteiger charge is -2.18. The van der Waals surface area contributed by atoms with E-state index in [-0.39, 0.29) is 17.3 Å². The zero-order valence-corrected chi connectivity index (χ0v) is 10.3. The van der Waals surface area contributed by atoms with Gasteiger partial charge in [-0.1, -0.05) is 50.3 Å². The zero-order chi connectivity index (χ0) is 13.3. The predicted molar refractivity (Wildman–Crippen MR) is 67.6 cm³/mol. The summed E-state index contributed by atoms with van der Waals surface area (Å²) in [6.07, 6.45) is 3.32. The van der Waals surface area contributed by atoms with Gasteiger partial charge >= 0.3 is 0 Å². The number of ketones is 3. The molecule has 1 atom stereocenters. The molecule has 0 spiro atoms. The number of allylic oxidation sites excluding steroid dienone is 2. The van der Waals surface area contributed by atoms with Crippen molar-refractivity contribution in [2.24, 2.45) is 11.8 Å². The topological polar surface area (TPSA) is 51.2 Å². The largest absolute Gasteiger partial charge is 0.293 e. The van der Waals surface area contributed by atoms with Gasteiger partial charge in [-0.15, -0.1) is 0 Å². The molecule has 0 fully saturated rings. The molecular formula is C15H14O3. The molecule has 0 aliphatic heterocycles. The minimum Gasteiger partial charge on any atom is -0.293 e. The van der Waals surface area contributed by atoms with E-state index >= 15 is 0 Å². The van der Waals surface area contributed by atoms with E-state index in [1.54, 1.807) is 30.4 Å². The lowest BCUT2D eigenvalue weighted by molar-refractivity contribution is -0.116. The highest BCUT2D eigenvalue weighted by atomic mass is 16.2. The summed E-state index contributed by atoms with van der Waals surface area (Å²) in [7, 11) is 0. The summed E-state index contributed by atoms with van der Waals surface area (Å²) in [5.41, 5.74) is 0.571. The van der Waals surface area contributed by atoms with Crippen molar-refractivity contribution in [2.45, 2.75) is 13.8 Å². The standard InChI is InChI=1S/C15H14O3/c1-9(2)7-8-12-13(16)10-5-3-4-6-11(10)14(17)15(12)18/h3-9,12H,1-2H3. The van der Waals surface area contributed by atoms with Crippen molar-refractivity contribution in [3.05, 3.63) is 47.5 Å². The highest BCUT2D eigenvalue weighted by Crippen LogP contribution is 2.24. The van der Waals surface area contributed by atoms with Crippen LogP contribution in [0.15, 0.2) is 36.4 Å². The van der Waals surface area contributed by atoms with Crippen LogP contribution < -0.4 is 0 Å². The van der Waals surface area contributed by atoms with Crippen LogP contribution in [0, 0.1) is 11.8 Å². The van der Waals surface area contributed by atoms with Crippen molar-refractivity contribution in [1.29, 1.82) is 0 Å². The first-order chi connectivity index (χ1) is 8.52. The maximum Gasteiger partial charge on any atom is 0.230 e. The van der Waals surface area contributed by atoms with Crippen LogP contribution in [0.1, 0.15) is 34.6 Å². The Labute approximate surface area is 106 Å². The van der Waals surface area contributed by atoms with Crippen LogP contribution in [0.3, 0.4) is 0 Å². The summed E-state index contributed by atoms with van der Waals surface area (Å²) < 4.78 is 0. The Kier molecular flexibility index (Phi) is 3.24. The maximum atomic E-state index is 12.2. The second kappa shape index (κ2) is 4.69. The molecule has 1 aromatic carbocycles. The molecular weight excluding hydrogens is 228 g/mol. The number of hydrogen-bond acceptors (Lipinski definition) is 3. The number of hydrogen-bond donors (Lipinski definition) is 0. The van der Waals surface area contributed by atoms with E-state index in [4.69, 9.17) is 0 Å². The Hall–Kier alpha value is -2.03. The molecule has 92 valence electrons. The van der Waals surface area contributed by atoms with Crippen LogP contribution in [0.5, 0.6) is 0 Å². The number of carbonyl (C=O) groups is 3. The van der Waals surface area contributed by atoms with Gasteiger partial charge in [0.2, 0.25) is 11.6 Å². The first-order valence-corrected chi connectivity index (χ1v) is 5.92. The number of fused-ring (bicyclic) bond motifs is 1. The number of Topliss-reactive ketones (excluding diaryl/α,β-unsaturated/α-hetero) is 3. The second-order valence-electron chi connectivity index (χ2n) is 4.71. The molecule has 0 N–H and O–H groups in total. The van der Waals surface area contributed by atoms with Crippen molar-refractivity contribution in [3.8, 4) is 0 Å². The molecule has 1 aliphatic carbocycles. The minimum absolute atomic E-state index is 0.224. The van der Waals surface area contributed by atoms with Crippen LogP contribution in [0.25, 0.3) is 0 Å². The monoisotopic (exact) mass is 242 g/mol. The minimum atomic E-state index is -0.949. The van der Waals surface area contributed by atoms with Crippen molar-refractivity contribution in [1.82, 2.24) is 0 Å². The van der Waals surface area contributed by atoms with Crippen molar-refractivity contribution >= 4 is 17.3 Å². The van der Waals surface area contributed by atoms with Gasteiger partial charge < -0.3 is 0 Å². The van der Waals surface area contributed by atoms with E-state index in [2.05, 4.69) is 0 Å². The van der Waals surface area contributed by atoms with Crippen LogP contribution >= 0.6 is 0 Å². The van der Waals surface area contributed by atoms with Gasteiger partial charge in [0.25, 0.3) is 0 Å². The van der Waals surface area contributed by atoms with Gasteiger partial charge in [-0.05, 0) is 5.92 Å². The first kappa shape index (κ1) is 12.4. The SMILES string of the molecule is CC(C)C=CC1C(=O)C(=O)c2ccccc2C1=O. The summed E-state index contributed by atoms with van der Waals surface area (Å²) in [4.78, 5) is 35.9. The predicted octanol–water partition coefficient (Wildman–Crippen LogP) is 2.46. The van der Waals surface area contributed by atoms with E-state index < -0.39 is 17.5 Å². The van der Waals surface area contributed by atoms with Gasteiger partial charge in [0.05, 0.1) is 0 Å². The van der Waals surface area contributed by atoms with E-state index in [0.29, 0.717) is 5.56 Å². The smallest absolute Gasteiger partial charge is 0.230 e. The molecule has 0 saturated carbocycles. The van der Waals surface area contributed by atoms with Crippen LogP contribution in [-0.4, -0.2) is 17.3 Å². The van der Waals surface area contributed by atoms with Crippen LogP contribution in [0.2, 0.25) is 0 Å². The molecule has 3 heteroatoms. The highest BCUT2D eigenvalue weighted by Gasteiger charge is 2.38. The Morgan fingerprint density at radius 2 is 1.61 bits per heavy atom. The van der Waals surface area contributed by atoms with Crippen LogP contribution in [0.4, 0.5) is 0 Å². The molecule has 0 heterocycles. The average Bonchev–Trinajstić information content (AvgIpc) is 2.36. The number of benzene rings is 1. The van der Waals surface area contributed by atoms with Gasteiger partial charge in [0.1, 0.15) is 5.92 Å². The molecule has 0 aromatic heterocycles. The molecule has 2 rings (SSSR count). The molecule has 3 nitrogen and oxygen atoms in total. The molecule has 18 heavy (non-hydrogen) atoms. The molecule has 1 unspecified atom stereocenters. The van der Waals surface area contributed by atoms with Crippen LogP contribution in [-0.2, 0) is 4.79 Å². The van der Waals surface area contributed by atoms with Gasteiger partial charge in [0, 0.05) is 11.1 Å². The third-order valence-corrected chi connectivity index (χ3v) is 2.91. The Morgan fingerprint density at radius 3 is 2.22 bits per heavy atom. The molecule has 1 aliphatic rings. The van der Waals surface area contributed by atoms with Gasteiger partial charge in [-0.3, -0.25) is 14.4 Å². The summed E-state index contributed by atoms with van der Waals surface area (Å²) >= 11 is 0. The number of carbonyl (C=O) groups excluding carboxylic acids is 3. The summed E-state index contributed by atoms with van der Waals surface area (Å²) in [6.45, 7) is 3.90. The van der Waals surface area contributed by atoms with E-state index in [1.807, 2.05) is 13.8 Å². The highest BCUT2D eigenvalue weighted by molar-refractivity contribution is 6.52. The maximum absolute atomic E-state index is 12.2. The average molecular weight is 242 g/mol. The van der Waals surface area contributed by atoms with Gasteiger partial charge in [0.15, 0.2) is 5.78 Å². The molecule has 0 amide bonds. The summed E-state index contributed by atoms with van der Waals surface area (Å²) in [5.74, 6) is -2.20. The zero-order valence-electron chi connectivity index (χ0n) is 10.3. The lowest BCUT2D eigenvalue weighted by atomic mass is 9.80. The second-order valence-corrected chi connectivity index (χ2v) is 4.71. The fraction of sp³-hybridized carbons (Fsp3) is 0.267. The third kappa shape index (κ3) is 2.04. The molecule has 0 radical (unpaired) electrons. The van der Waals surface area contributed by atoms with Crippen molar-refractivity contribution in [2.75, 3.05) is 0 Å². The fourth-order valence-corrected chi connectivity index (χ4v) is 1.96. The quantitative estimate of drug-likeness (QED) is 0.455. The van der Waals surface area contributed by atoms with Gasteiger partial charge in [-0.25, -0.2) is 0 Å². The Morgan fingerprint density at radius 1 is 1.00 bits per heavy atom. The van der Waals surface area contributed by atoms with E-state index in [1.165, 1.54) is 6.07 Å². The first-order valence-electron chi connectivity index (χ1n) is 5.92. The van der Waals surface area contributed by atoms with Crippen molar-refractivity contribution < 1.29 is 14.4 Å². The lowest BCUT2D eigenvalue weighted by Crippen LogP contribution is -2.35. The van der Waals surface area contributed by atoms with Gasteiger partial charge in [-0.2, -0.15) is 0 Å². The summed E-state index contributed by atoms with van der Waals surface area (Å²) in [5, 5.41) is 0. The summed E-state index contributed by atoms with van der Waals surface area (Å²) in [6, 6.07) is 6.47. The Bertz CT molecular complexity index is 553. The van der Waals surface area contributed by atoms with Crippen molar-refractivity contribution in [3.63, 3.8) is 0 Å². The van der Waals surface area contributed by atoms with E-state index in [9.17, 15) is 14.4 Å². The number of rotatable bonds is 2. The molecule has 0 bridgehead atoms. The Balaban J connectivity index is 2.46. The molecule has 1 aromatic rings. The molecule has 0 saturated heterocycles. The normalized spacial score (nSPS) is 19.7. The third-order valence-electron chi connectivity index (χ3n) is 2.91. The van der Waals surface area contributed by atoms with E-state index in [0.717, 1.165) is 0 Å².